The van der Waals surface area contributed by atoms with E-state index in [1.165, 1.54) is 20.0 Å². The first kappa shape index (κ1) is 14.0. The molecule has 1 saturated carbocycles. The number of rotatable bonds is 7. The Bertz CT molecular complexity index is 430. The summed E-state index contributed by atoms with van der Waals surface area (Å²) < 4.78 is 4.79. The van der Waals surface area contributed by atoms with E-state index in [1.807, 2.05) is 18.2 Å². The molecule has 1 aromatic rings. The molecule has 1 aliphatic carbocycles. The lowest BCUT2D eigenvalue weighted by molar-refractivity contribution is 0.0599. The summed E-state index contributed by atoms with van der Waals surface area (Å²) in [6.45, 7) is 2.68. The van der Waals surface area contributed by atoms with Crippen molar-refractivity contribution >= 4 is 5.97 Å². The summed E-state index contributed by atoms with van der Waals surface area (Å²) in [7, 11) is 3.58. The fourth-order valence-corrected chi connectivity index (χ4v) is 2.16. The highest BCUT2D eigenvalue weighted by Crippen LogP contribution is 2.24. The van der Waals surface area contributed by atoms with Gasteiger partial charge in [0.15, 0.2) is 0 Å². The minimum atomic E-state index is -0.271. The lowest BCUT2D eigenvalue weighted by Gasteiger charge is -2.16. The number of esters is 1. The molecule has 2 rings (SSSR count). The molecule has 0 radical (unpaired) electrons. The third-order valence-electron chi connectivity index (χ3n) is 3.55. The van der Waals surface area contributed by atoms with Gasteiger partial charge in [-0.25, -0.2) is 4.79 Å². The van der Waals surface area contributed by atoms with Crippen LogP contribution in [0.1, 0.15) is 28.8 Å². The van der Waals surface area contributed by atoms with E-state index in [9.17, 15) is 4.79 Å². The Kier molecular flexibility index (Phi) is 4.93. The number of methoxy groups -OCH3 is 1. The van der Waals surface area contributed by atoms with Crippen molar-refractivity contribution in [2.24, 2.45) is 0 Å². The standard InChI is InChI=1S/C15H22N2O2/c1-17(13-7-8-13)10-9-16-11-12-5-3-4-6-14(12)15(18)19-2/h3-6,13,16H,7-11H2,1-2H3. The highest BCUT2D eigenvalue weighted by molar-refractivity contribution is 5.90. The van der Waals surface area contributed by atoms with Crippen molar-refractivity contribution in [1.82, 2.24) is 10.2 Å². The third-order valence-corrected chi connectivity index (χ3v) is 3.55. The van der Waals surface area contributed by atoms with Crippen LogP contribution in [0.25, 0.3) is 0 Å². The number of hydrogen-bond donors (Lipinski definition) is 1. The quantitative estimate of drug-likeness (QED) is 0.599. The van der Waals surface area contributed by atoms with Gasteiger partial charge in [0.2, 0.25) is 0 Å². The second-order valence-corrected chi connectivity index (χ2v) is 5.04. The van der Waals surface area contributed by atoms with E-state index in [0.29, 0.717) is 12.1 Å². The summed E-state index contributed by atoms with van der Waals surface area (Å²) >= 11 is 0. The minimum absolute atomic E-state index is 0.271. The molecule has 0 unspecified atom stereocenters. The van der Waals surface area contributed by atoms with Crippen LogP contribution in [-0.4, -0.2) is 44.2 Å². The second kappa shape index (κ2) is 6.68. The van der Waals surface area contributed by atoms with Crippen LogP contribution in [-0.2, 0) is 11.3 Å². The molecule has 1 aliphatic rings. The molecule has 0 atom stereocenters. The van der Waals surface area contributed by atoms with Crippen LogP contribution in [0.5, 0.6) is 0 Å². The number of carbonyl (C=O) groups is 1. The molecular weight excluding hydrogens is 240 g/mol. The molecule has 1 fully saturated rings. The van der Waals surface area contributed by atoms with Crippen molar-refractivity contribution in [2.45, 2.75) is 25.4 Å². The zero-order valence-electron chi connectivity index (χ0n) is 11.7. The van der Waals surface area contributed by atoms with Crippen molar-refractivity contribution < 1.29 is 9.53 Å². The molecule has 0 aromatic heterocycles. The van der Waals surface area contributed by atoms with Crippen molar-refractivity contribution in [3.63, 3.8) is 0 Å². The van der Waals surface area contributed by atoms with Crippen LogP contribution in [0.3, 0.4) is 0 Å². The Labute approximate surface area is 114 Å². The molecule has 1 aromatic carbocycles. The molecule has 0 spiro atoms. The normalized spacial score (nSPS) is 14.7. The van der Waals surface area contributed by atoms with Crippen LogP contribution in [0.15, 0.2) is 24.3 Å². The van der Waals surface area contributed by atoms with E-state index in [4.69, 9.17) is 4.74 Å². The minimum Gasteiger partial charge on any atom is -0.465 e. The maximum absolute atomic E-state index is 11.6. The number of carbonyl (C=O) groups excluding carboxylic acids is 1. The van der Waals surface area contributed by atoms with Gasteiger partial charge in [0.05, 0.1) is 12.7 Å². The number of nitrogens with one attached hydrogen (secondary N) is 1. The van der Waals surface area contributed by atoms with Gasteiger partial charge in [-0.3, -0.25) is 0 Å². The molecule has 19 heavy (non-hydrogen) atoms. The summed E-state index contributed by atoms with van der Waals surface area (Å²) in [5, 5.41) is 3.39. The molecule has 1 N–H and O–H groups in total. The van der Waals surface area contributed by atoms with E-state index >= 15 is 0 Å². The lowest BCUT2D eigenvalue weighted by Crippen LogP contribution is -2.30. The summed E-state index contributed by atoms with van der Waals surface area (Å²) in [6, 6.07) is 8.36. The molecule has 0 aliphatic heterocycles. The SMILES string of the molecule is COC(=O)c1ccccc1CNCCN(C)C1CC1. The third kappa shape index (κ3) is 4.04. The van der Waals surface area contributed by atoms with E-state index < -0.39 is 0 Å². The van der Waals surface area contributed by atoms with E-state index in [2.05, 4.69) is 17.3 Å². The van der Waals surface area contributed by atoms with Gasteiger partial charge in [-0.1, -0.05) is 18.2 Å². The molecule has 0 amide bonds. The van der Waals surface area contributed by atoms with Gasteiger partial charge < -0.3 is 15.0 Å². The number of likely N-dealkylation sites (N-methyl/N-ethyl adjacent to an activating group) is 1. The molecule has 0 heterocycles. The fourth-order valence-electron chi connectivity index (χ4n) is 2.16. The number of ether oxygens (including phenoxy) is 1. The largest absolute Gasteiger partial charge is 0.465 e. The highest BCUT2D eigenvalue weighted by Gasteiger charge is 2.25. The number of nitrogens with zero attached hydrogens (tertiary/aromatic N) is 1. The first-order valence-corrected chi connectivity index (χ1v) is 6.79. The van der Waals surface area contributed by atoms with Crippen molar-refractivity contribution in [3.8, 4) is 0 Å². The van der Waals surface area contributed by atoms with Crippen LogP contribution in [0.4, 0.5) is 0 Å². The smallest absolute Gasteiger partial charge is 0.338 e. The van der Waals surface area contributed by atoms with E-state index in [-0.39, 0.29) is 5.97 Å². The Morgan fingerprint density at radius 3 is 2.84 bits per heavy atom. The zero-order valence-corrected chi connectivity index (χ0v) is 11.7. The first-order chi connectivity index (χ1) is 9.22. The van der Waals surface area contributed by atoms with Crippen LogP contribution >= 0.6 is 0 Å². The molecular formula is C15H22N2O2. The van der Waals surface area contributed by atoms with Gasteiger partial charge >= 0.3 is 5.97 Å². The topological polar surface area (TPSA) is 41.6 Å². The predicted octanol–water partition coefficient (Wildman–Crippen LogP) is 1.66. The summed E-state index contributed by atoms with van der Waals surface area (Å²) in [6.07, 6.45) is 2.67. The molecule has 4 heteroatoms. The summed E-state index contributed by atoms with van der Waals surface area (Å²) in [5.74, 6) is -0.271. The second-order valence-electron chi connectivity index (χ2n) is 5.04. The Morgan fingerprint density at radius 1 is 1.42 bits per heavy atom. The van der Waals surface area contributed by atoms with E-state index in [1.54, 1.807) is 6.07 Å². The average Bonchev–Trinajstić information content (AvgIpc) is 3.27. The number of hydrogen-bond acceptors (Lipinski definition) is 4. The average molecular weight is 262 g/mol. The summed E-state index contributed by atoms with van der Waals surface area (Å²) in [5.41, 5.74) is 1.64. The van der Waals surface area contributed by atoms with Crippen molar-refractivity contribution in [1.29, 1.82) is 0 Å². The maximum atomic E-state index is 11.6. The Morgan fingerprint density at radius 2 is 2.16 bits per heavy atom. The van der Waals surface area contributed by atoms with Gasteiger partial charge in [0, 0.05) is 25.7 Å². The van der Waals surface area contributed by atoms with Gasteiger partial charge in [-0.2, -0.15) is 0 Å². The van der Waals surface area contributed by atoms with Crippen molar-refractivity contribution in [3.05, 3.63) is 35.4 Å². The van der Waals surface area contributed by atoms with Gasteiger partial charge in [0.1, 0.15) is 0 Å². The van der Waals surface area contributed by atoms with Gasteiger partial charge in [-0.05, 0) is 31.5 Å². The lowest BCUT2D eigenvalue weighted by atomic mass is 10.1. The molecule has 104 valence electrons. The van der Waals surface area contributed by atoms with Crippen LogP contribution in [0.2, 0.25) is 0 Å². The van der Waals surface area contributed by atoms with Gasteiger partial charge in [-0.15, -0.1) is 0 Å². The first-order valence-electron chi connectivity index (χ1n) is 6.79. The van der Waals surface area contributed by atoms with Crippen LogP contribution in [0, 0.1) is 0 Å². The molecule has 4 nitrogen and oxygen atoms in total. The number of benzene rings is 1. The molecule has 0 saturated heterocycles. The Hall–Kier alpha value is -1.39. The Balaban J connectivity index is 1.80. The van der Waals surface area contributed by atoms with Gasteiger partial charge in [0.25, 0.3) is 0 Å². The molecule has 0 bridgehead atoms. The highest BCUT2D eigenvalue weighted by atomic mass is 16.5. The summed E-state index contributed by atoms with van der Waals surface area (Å²) in [4.78, 5) is 14.0. The maximum Gasteiger partial charge on any atom is 0.338 e. The van der Waals surface area contributed by atoms with Crippen LogP contribution < -0.4 is 5.32 Å². The fraction of sp³-hybridized carbons (Fsp3) is 0.533. The zero-order chi connectivity index (χ0) is 13.7. The predicted molar refractivity (Wildman–Crippen MR) is 75.1 cm³/mol. The van der Waals surface area contributed by atoms with E-state index in [0.717, 1.165) is 24.7 Å². The van der Waals surface area contributed by atoms with Crippen molar-refractivity contribution in [2.75, 3.05) is 27.2 Å². The monoisotopic (exact) mass is 262 g/mol.